The van der Waals surface area contributed by atoms with E-state index in [9.17, 15) is 4.79 Å². The third-order valence-electron chi connectivity index (χ3n) is 2.08. The van der Waals surface area contributed by atoms with E-state index < -0.39 is 5.97 Å². The third kappa shape index (κ3) is 11.0. The normalized spacial score (nSPS) is 12.1. The molecule has 0 amide bonds. The van der Waals surface area contributed by atoms with Crippen molar-refractivity contribution in [2.75, 3.05) is 19.6 Å². The Balaban J connectivity index is 4.10. The van der Waals surface area contributed by atoms with Crippen LogP contribution in [0.25, 0.3) is 0 Å². The number of carbonyl (C=O) groups is 1. The average molecular weight is 249 g/mol. The van der Waals surface area contributed by atoms with E-state index in [1.54, 1.807) is 6.08 Å². The van der Waals surface area contributed by atoms with Crippen molar-refractivity contribution in [3.63, 3.8) is 0 Å². The van der Waals surface area contributed by atoms with Crippen LogP contribution >= 0.6 is 0 Å². The number of likely N-dealkylation sites (N-methyl/N-ethyl adjacent to an activating group) is 1. The Bertz CT molecular complexity index is 364. The molecule has 0 unspecified atom stereocenters. The lowest BCUT2D eigenvalue weighted by atomic mass is 9.98. The molecule has 0 heterocycles. The molecule has 0 aromatic heterocycles. The second kappa shape index (κ2) is 8.54. The Morgan fingerprint density at radius 3 is 2.39 bits per heavy atom. The Hall–Kier alpha value is -1.53. The Morgan fingerprint density at radius 1 is 1.28 bits per heavy atom. The fourth-order valence-corrected chi connectivity index (χ4v) is 1.15. The molecule has 0 spiro atoms. The number of hydrogen-bond donors (Lipinski definition) is 1. The molecule has 0 aliphatic carbocycles. The molecule has 3 heteroatoms. The lowest BCUT2D eigenvalue weighted by Gasteiger charge is -2.15. The van der Waals surface area contributed by atoms with Crippen LogP contribution < -0.4 is 0 Å². The monoisotopic (exact) mass is 249 g/mol. The minimum Gasteiger partial charge on any atom is -0.478 e. The van der Waals surface area contributed by atoms with Crippen molar-refractivity contribution < 1.29 is 9.90 Å². The predicted molar refractivity (Wildman–Crippen MR) is 75.3 cm³/mol. The summed E-state index contributed by atoms with van der Waals surface area (Å²) in [7, 11) is 0. The molecular weight excluding hydrogens is 226 g/mol. The number of carboxylic acids is 1. The first-order valence-electron chi connectivity index (χ1n) is 6.14. The van der Waals surface area contributed by atoms with Crippen LogP contribution in [0.3, 0.4) is 0 Å². The van der Waals surface area contributed by atoms with E-state index in [1.165, 1.54) is 6.08 Å². The van der Waals surface area contributed by atoms with E-state index in [0.29, 0.717) is 6.54 Å². The Morgan fingerprint density at radius 2 is 1.89 bits per heavy atom. The van der Waals surface area contributed by atoms with Crippen molar-refractivity contribution in [2.45, 2.75) is 27.7 Å². The van der Waals surface area contributed by atoms with Gasteiger partial charge < -0.3 is 5.11 Å². The highest BCUT2D eigenvalue weighted by Gasteiger charge is 2.02. The highest BCUT2D eigenvalue weighted by Crippen LogP contribution is 2.09. The topological polar surface area (TPSA) is 40.5 Å². The van der Waals surface area contributed by atoms with Crippen LogP contribution in [0.15, 0.2) is 24.3 Å². The molecule has 0 aliphatic heterocycles. The van der Waals surface area contributed by atoms with Gasteiger partial charge in [0.05, 0.1) is 0 Å². The Kier molecular flexibility index (Phi) is 7.82. The van der Waals surface area contributed by atoms with Gasteiger partial charge in [0.1, 0.15) is 0 Å². The zero-order chi connectivity index (χ0) is 14.0. The molecule has 0 fully saturated rings. The maximum absolute atomic E-state index is 10.3. The van der Waals surface area contributed by atoms with Crippen molar-refractivity contribution in [1.82, 2.24) is 4.90 Å². The van der Waals surface area contributed by atoms with Crippen molar-refractivity contribution in [2.24, 2.45) is 5.41 Å². The Labute approximate surface area is 110 Å². The number of carboxylic acid groups (broad SMARTS) is 1. The highest BCUT2D eigenvalue weighted by molar-refractivity contribution is 5.79. The van der Waals surface area contributed by atoms with Crippen LogP contribution in [0.1, 0.15) is 27.7 Å². The molecule has 0 aromatic carbocycles. The zero-order valence-electron chi connectivity index (χ0n) is 11.7. The second-order valence-corrected chi connectivity index (χ2v) is 5.01. The lowest BCUT2D eigenvalue weighted by Crippen LogP contribution is -2.23. The minimum absolute atomic E-state index is 0.0268. The number of nitrogens with zero attached hydrogens (tertiary/aromatic N) is 1. The van der Waals surface area contributed by atoms with Gasteiger partial charge in [-0.3, -0.25) is 4.90 Å². The maximum Gasteiger partial charge on any atom is 0.328 e. The van der Waals surface area contributed by atoms with Crippen molar-refractivity contribution in [3.8, 4) is 11.8 Å². The SMILES string of the molecule is CCN(CC=CC#CC(C)(C)C)C/C=C/C(=O)O. The first-order valence-corrected chi connectivity index (χ1v) is 6.14. The van der Waals surface area contributed by atoms with E-state index in [4.69, 9.17) is 5.11 Å². The van der Waals surface area contributed by atoms with Gasteiger partial charge in [0.25, 0.3) is 0 Å². The first-order chi connectivity index (χ1) is 8.35. The predicted octanol–water partition coefficient (Wildman–Crippen LogP) is 2.55. The lowest BCUT2D eigenvalue weighted by molar-refractivity contribution is -0.131. The van der Waals surface area contributed by atoms with Gasteiger partial charge in [-0.05, 0) is 33.4 Å². The van der Waals surface area contributed by atoms with Gasteiger partial charge in [-0.1, -0.05) is 30.9 Å². The quantitative estimate of drug-likeness (QED) is 0.581. The van der Waals surface area contributed by atoms with Crippen LogP contribution in [0, 0.1) is 17.3 Å². The molecule has 1 N–H and O–H groups in total. The van der Waals surface area contributed by atoms with Gasteiger partial charge in [0.15, 0.2) is 0 Å². The fourth-order valence-electron chi connectivity index (χ4n) is 1.15. The van der Waals surface area contributed by atoms with Gasteiger partial charge >= 0.3 is 5.97 Å². The zero-order valence-corrected chi connectivity index (χ0v) is 11.7. The standard InChI is InChI=1S/C15H23NO2/c1-5-16(13-9-10-14(17)18)12-8-6-7-11-15(2,3)4/h6,8-10H,5,12-13H2,1-4H3,(H,17,18)/b8-6?,10-9+. The van der Waals surface area contributed by atoms with E-state index in [1.807, 2.05) is 19.1 Å². The van der Waals surface area contributed by atoms with Crippen molar-refractivity contribution >= 4 is 5.97 Å². The summed E-state index contributed by atoms with van der Waals surface area (Å²) in [6, 6.07) is 0. The molecule has 0 atom stereocenters. The van der Waals surface area contributed by atoms with Crippen molar-refractivity contribution in [3.05, 3.63) is 24.3 Å². The molecule has 0 rings (SSSR count). The summed E-state index contributed by atoms with van der Waals surface area (Å²) in [6.45, 7) is 10.6. The third-order valence-corrected chi connectivity index (χ3v) is 2.08. The molecule has 0 saturated heterocycles. The number of allylic oxidation sites excluding steroid dienone is 1. The molecule has 0 bridgehead atoms. The van der Waals surface area contributed by atoms with Crippen LogP contribution in [-0.2, 0) is 4.79 Å². The van der Waals surface area contributed by atoms with Crippen LogP contribution in [0.5, 0.6) is 0 Å². The maximum atomic E-state index is 10.3. The molecular formula is C15H23NO2. The minimum atomic E-state index is -0.905. The van der Waals surface area contributed by atoms with E-state index >= 15 is 0 Å². The summed E-state index contributed by atoms with van der Waals surface area (Å²) in [5.41, 5.74) is 0.0268. The van der Waals surface area contributed by atoms with Crippen LogP contribution in [0.4, 0.5) is 0 Å². The van der Waals surface area contributed by atoms with Gasteiger partial charge in [-0.2, -0.15) is 0 Å². The number of rotatable bonds is 6. The highest BCUT2D eigenvalue weighted by atomic mass is 16.4. The summed E-state index contributed by atoms with van der Waals surface area (Å²) in [4.78, 5) is 12.4. The van der Waals surface area contributed by atoms with Gasteiger partial charge in [0.2, 0.25) is 0 Å². The van der Waals surface area contributed by atoms with Gasteiger partial charge in [0, 0.05) is 24.6 Å². The molecule has 3 nitrogen and oxygen atoms in total. The molecule has 0 aromatic rings. The first kappa shape index (κ1) is 16.5. The second-order valence-electron chi connectivity index (χ2n) is 5.01. The van der Waals surface area contributed by atoms with E-state index in [0.717, 1.165) is 13.1 Å². The largest absolute Gasteiger partial charge is 0.478 e. The van der Waals surface area contributed by atoms with Crippen molar-refractivity contribution in [1.29, 1.82) is 0 Å². The number of hydrogen-bond acceptors (Lipinski definition) is 2. The summed E-state index contributed by atoms with van der Waals surface area (Å²) in [5.74, 6) is 5.23. The summed E-state index contributed by atoms with van der Waals surface area (Å²) >= 11 is 0. The van der Waals surface area contributed by atoms with Crippen LogP contribution in [-0.4, -0.2) is 35.6 Å². The summed E-state index contributed by atoms with van der Waals surface area (Å²) in [6.07, 6.45) is 6.68. The average Bonchev–Trinajstić information content (AvgIpc) is 2.24. The van der Waals surface area contributed by atoms with E-state index in [-0.39, 0.29) is 5.41 Å². The molecule has 0 aliphatic rings. The molecule has 100 valence electrons. The van der Waals surface area contributed by atoms with E-state index in [2.05, 4.69) is 37.5 Å². The fraction of sp³-hybridized carbons (Fsp3) is 0.533. The molecule has 0 saturated carbocycles. The summed E-state index contributed by atoms with van der Waals surface area (Å²) in [5, 5.41) is 8.48. The molecule has 18 heavy (non-hydrogen) atoms. The smallest absolute Gasteiger partial charge is 0.328 e. The van der Waals surface area contributed by atoms with Gasteiger partial charge in [-0.15, -0.1) is 0 Å². The number of aliphatic carboxylic acids is 1. The van der Waals surface area contributed by atoms with Crippen LogP contribution in [0.2, 0.25) is 0 Å². The van der Waals surface area contributed by atoms with Gasteiger partial charge in [-0.25, -0.2) is 4.79 Å². The summed E-state index contributed by atoms with van der Waals surface area (Å²) < 4.78 is 0. The molecule has 0 radical (unpaired) electrons.